The lowest BCUT2D eigenvalue weighted by Crippen LogP contribution is -2.74. The minimum absolute atomic E-state index is 1.27. The average molecular weight is 926 g/mol. The van der Waals surface area contributed by atoms with Gasteiger partial charge in [-0.25, -0.2) is 0 Å². The van der Waals surface area contributed by atoms with Crippen molar-refractivity contribution in [3.8, 4) is 0 Å². The van der Waals surface area contributed by atoms with Crippen molar-refractivity contribution in [1.29, 1.82) is 0 Å². The van der Waals surface area contributed by atoms with Crippen LogP contribution in [0.5, 0.6) is 0 Å². The summed E-state index contributed by atoms with van der Waals surface area (Å²) >= 11 is -1.27. The van der Waals surface area contributed by atoms with Gasteiger partial charge in [0.2, 0.25) is 0 Å². The summed E-state index contributed by atoms with van der Waals surface area (Å²) in [7, 11) is 0. The van der Waals surface area contributed by atoms with Crippen LogP contribution in [0.25, 0.3) is 0 Å². The Hall–Kier alpha value is -2.03. The van der Waals surface area contributed by atoms with Crippen molar-refractivity contribution in [1.82, 2.24) is 0 Å². The maximum absolute atomic E-state index is 13.8. The smallest absolute Gasteiger partial charge is 0.200 e. The van der Waals surface area contributed by atoms with E-state index in [-0.39, 0.29) is 0 Å². The molecule has 55 heavy (non-hydrogen) atoms. The molecule has 0 fully saturated rings. The molecule has 0 atom stereocenters. The summed E-state index contributed by atoms with van der Waals surface area (Å²) in [4.78, 5) is 0. The number of rotatable bonds is 18. The molecular weight excluding hydrogens is 918 g/mol. The molecule has 0 rings (SSSR count). The molecule has 0 aliphatic rings. The predicted molar refractivity (Wildman–Crippen MR) is 108 cm³/mol. The van der Waals surface area contributed by atoms with Gasteiger partial charge < -0.3 is 0 Å². The lowest BCUT2D eigenvalue weighted by molar-refractivity contribution is -0.461. The zero-order chi connectivity index (χ0) is 45.5. The maximum Gasteiger partial charge on any atom is 0.460 e. The average Bonchev–Trinajstić information content (AvgIpc) is 2.94. The van der Waals surface area contributed by atoms with Crippen LogP contribution in [0.15, 0.2) is 0 Å². The standard InChI is InChI=1S/C20H8F34S/c21-5(22,7(25,26)9(29,30)11(33,34)13(37,38)15(41,42)17(45,46)19(49,50)51)1-3-55-4-2-6(23,24)8(27,28)10(31,32)12(35,36)14(39,40)16(43,44)18(47,48)20(52,53)54/h1-4H2. The quantitative estimate of drug-likeness (QED) is 0.0975. The molecule has 0 saturated carbocycles. The molecule has 0 aromatic carbocycles. The van der Waals surface area contributed by atoms with E-state index in [4.69, 9.17) is 0 Å². The van der Waals surface area contributed by atoms with Gasteiger partial charge in [-0.05, 0) is 11.5 Å². The van der Waals surface area contributed by atoms with E-state index in [0.29, 0.717) is 0 Å². The lowest BCUT2D eigenvalue weighted by Gasteiger charge is -2.43. The SMILES string of the molecule is FC(F)(F)C(F)(F)C(F)(F)C(F)(F)C(F)(F)C(F)(F)C(F)(F)C(F)(F)CCSCCC(F)(F)C(F)(F)C(F)(F)C(F)(F)C(F)(F)C(F)(F)C(F)(F)C(F)(F)F. The van der Waals surface area contributed by atoms with E-state index >= 15 is 0 Å². The molecule has 332 valence electrons. The van der Waals surface area contributed by atoms with Crippen LogP contribution in [0.2, 0.25) is 0 Å². The van der Waals surface area contributed by atoms with Gasteiger partial charge in [0.05, 0.1) is 0 Å². The van der Waals surface area contributed by atoms with Crippen molar-refractivity contribution in [3.05, 3.63) is 0 Å². The lowest BCUT2D eigenvalue weighted by atomic mass is 9.88. The van der Waals surface area contributed by atoms with Crippen LogP contribution >= 0.6 is 11.8 Å². The van der Waals surface area contributed by atoms with Crippen molar-refractivity contribution >= 4 is 11.8 Å². The molecular formula is C20H8F34S. The molecule has 35 heteroatoms. The van der Waals surface area contributed by atoms with Gasteiger partial charge in [-0.15, -0.1) is 0 Å². The fourth-order valence-corrected chi connectivity index (χ4v) is 4.22. The molecule has 0 N–H and O–H groups in total. The van der Waals surface area contributed by atoms with Gasteiger partial charge in [-0.3, -0.25) is 0 Å². The van der Waals surface area contributed by atoms with Gasteiger partial charge in [0.15, 0.2) is 0 Å². The minimum atomic E-state index is -9.07. The van der Waals surface area contributed by atoms with Gasteiger partial charge in [0.25, 0.3) is 0 Å². The summed E-state index contributed by atoms with van der Waals surface area (Å²) in [6.07, 6.45) is -23.1. The van der Waals surface area contributed by atoms with Crippen molar-refractivity contribution in [2.24, 2.45) is 0 Å². The summed E-state index contributed by atoms with van der Waals surface area (Å²) in [5.74, 6) is -125. The highest BCUT2D eigenvalue weighted by molar-refractivity contribution is 7.99. The molecule has 0 heterocycles. The van der Waals surface area contributed by atoms with Gasteiger partial charge in [-0.1, -0.05) is 0 Å². The van der Waals surface area contributed by atoms with Crippen LogP contribution in [0.1, 0.15) is 12.8 Å². The normalized spacial score (nSPS) is 16.9. The molecule has 0 radical (unpaired) electrons. The van der Waals surface area contributed by atoms with Crippen molar-refractivity contribution < 1.29 is 149 Å². The van der Waals surface area contributed by atoms with Crippen LogP contribution in [-0.2, 0) is 0 Å². The van der Waals surface area contributed by atoms with Gasteiger partial charge >= 0.3 is 95.3 Å². The summed E-state index contributed by atoms with van der Waals surface area (Å²) in [6, 6.07) is 0. The molecule has 0 amide bonds. The molecule has 0 spiro atoms. The van der Waals surface area contributed by atoms with Crippen molar-refractivity contribution in [2.75, 3.05) is 11.5 Å². The Morgan fingerprint density at radius 2 is 0.345 bits per heavy atom. The molecule has 0 aromatic heterocycles. The first-order valence-corrected chi connectivity index (χ1v) is 13.4. The number of halogens is 34. The van der Waals surface area contributed by atoms with Crippen LogP contribution in [0.3, 0.4) is 0 Å². The van der Waals surface area contributed by atoms with E-state index in [1.54, 1.807) is 0 Å². The fourth-order valence-electron chi connectivity index (χ4n) is 3.21. The number of alkyl halides is 34. The van der Waals surface area contributed by atoms with Gasteiger partial charge in [-0.2, -0.15) is 161 Å². The second kappa shape index (κ2) is 13.8. The topological polar surface area (TPSA) is 0 Å². The second-order valence-electron chi connectivity index (χ2n) is 10.4. The zero-order valence-corrected chi connectivity index (χ0v) is 24.9. The Labute approximate surface area is 281 Å². The van der Waals surface area contributed by atoms with E-state index in [9.17, 15) is 149 Å². The summed E-state index contributed by atoms with van der Waals surface area (Å²) < 4.78 is 449. The third-order valence-corrected chi connectivity index (χ3v) is 7.68. The zero-order valence-electron chi connectivity index (χ0n) is 24.1. The molecule has 0 aliphatic carbocycles. The highest BCUT2D eigenvalue weighted by Gasteiger charge is 2.96. The van der Waals surface area contributed by atoms with Crippen LogP contribution < -0.4 is 0 Å². The fraction of sp³-hybridized carbons (Fsp3) is 1.00. The first-order chi connectivity index (χ1) is 23.2. The first-order valence-electron chi connectivity index (χ1n) is 12.2. The third-order valence-electron chi connectivity index (χ3n) is 6.69. The van der Waals surface area contributed by atoms with Gasteiger partial charge in [0, 0.05) is 12.8 Å². The van der Waals surface area contributed by atoms with E-state index in [1.165, 1.54) is 0 Å². The monoisotopic (exact) mass is 926 g/mol. The maximum atomic E-state index is 13.8. The van der Waals surface area contributed by atoms with Crippen molar-refractivity contribution in [2.45, 2.75) is 108 Å². The van der Waals surface area contributed by atoms with E-state index < -0.39 is 131 Å². The second-order valence-corrected chi connectivity index (χ2v) is 11.6. The summed E-state index contributed by atoms with van der Waals surface area (Å²) in [6.45, 7) is 0. The van der Waals surface area contributed by atoms with E-state index in [1.807, 2.05) is 0 Å². The number of hydrogen-bond donors (Lipinski definition) is 0. The Kier molecular flexibility index (Phi) is 13.3. The molecule has 0 aromatic rings. The van der Waals surface area contributed by atoms with E-state index in [2.05, 4.69) is 0 Å². The van der Waals surface area contributed by atoms with Crippen molar-refractivity contribution in [3.63, 3.8) is 0 Å². The number of thioether (sulfide) groups is 1. The number of hydrogen-bond acceptors (Lipinski definition) is 1. The molecule has 0 saturated heterocycles. The highest BCUT2D eigenvalue weighted by Crippen LogP contribution is 2.66. The van der Waals surface area contributed by atoms with Crippen LogP contribution in [0.4, 0.5) is 149 Å². The Morgan fingerprint density at radius 1 is 0.200 bits per heavy atom. The first kappa shape index (κ1) is 53.0. The predicted octanol–water partition coefficient (Wildman–Crippen LogP) is 12.5. The molecule has 0 unspecified atom stereocenters. The molecule has 0 aliphatic heterocycles. The largest absolute Gasteiger partial charge is 0.460 e. The Morgan fingerprint density at radius 3 is 0.509 bits per heavy atom. The van der Waals surface area contributed by atoms with E-state index in [0.717, 1.165) is 0 Å². The third kappa shape index (κ3) is 7.23. The molecule has 0 nitrogen and oxygen atoms in total. The highest BCUT2D eigenvalue weighted by atomic mass is 32.2. The Balaban J connectivity index is 6.33. The minimum Gasteiger partial charge on any atom is -0.200 e. The summed E-state index contributed by atoms with van der Waals surface area (Å²) in [5, 5.41) is 0. The molecule has 0 bridgehead atoms. The van der Waals surface area contributed by atoms with Crippen LogP contribution in [0, 0.1) is 0 Å². The Bertz CT molecular complexity index is 1230. The summed E-state index contributed by atoms with van der Waals surface area (Å²) in [5.41, 5.74) is 0. The van der Waals surface area contributed by atoms with Crippen LogP contribution in [-0.4, -0.2) is 107 Å². The van der Waals surface area contributed by atoms with Gasteiger partial charge in [0.1, 0.15) is 0 Å².